The molecule has 4 aromatic rings. The van der Waals surface area contributed by atoms with E-state index in [-0.39, 0.29) is 9.79 Å². The molecule has 0 aliphatic heterocycles. The van der Waals surface area contributed by atoms with Crippen LogP contribution >= 0.6 is 0 Å². The third-order valence-electron chi connectivity index (χ3n) is 4.05. The van der Waals surface area contributed by atoms with Crippen molar-refractivity contribution in [1.82, 2.24) is 0 Å². The van der Waals surface area contributed by atoms with Crippen molar-refractivity contribution in [3.63, 3.8) is 0 Å². The molecular formula is C20H16O6S2. The SMILES string of the molecule is O=S(=O)(O)c1ccc2ccccc2c1.O=S(=O)(O)c1cccc2ccccc12. The van der Waals surface area contributed by atoms with E-state index in [0.717, 1.165) is 16.2 Å². The molecule has 0 atom stereocenters. The molecule has 0 unspecified atom stereocenters. The zero-order valence-corrected chi connectivity index (χ0v) is 16.1. The maximum Gasteiger partial charge on any atom is 0.295 e. The quantitative estimate of drug-likeness (QED) is 0.475. The fourth-order valence-electron chi connectivity index (χ4n) is 2.75. The molecule has 0 saturated carbocycles. The van der Waals surface area contributed by atoms with Gasteiger partial charge < -0.3 is 0 Å². The van der Waals surface area contributed by atoms with Crippen molar-refractivity contribution in [2.75, 3.05) is 0 Å². The summed E-state index contributed by atoms with van der Waals surface area (Å²) < 4.78 is 61.4. The first-order chi connectivity index (χ1) is 13.2. The number of benzene rings is 4. The Morgan fingerprint density at radius 2 is 1.11 bits per heavy atom. The van der Waals surface area contributed by atoms with Crippen LogP contribution in [0.3, 0.4) is 0 Å². The third-order valence-corrected chi connectivity index (χ3v) is 5.81. The fourth-order valence-corrected chi connectivity index (χ4v) is 3.98. The Morgan fingerprint density at radius 1 is 0.536 bits per heavy atom. The van der Waals surface area contributed by atoms with E-state index in [1.807, 2.05) is 24.3 Å². The summed E-state index contributed by atoms with van der Waals surface area (Å²) in [5.74, 6) is 0. The number of fused-ring (bicyclic) bond motifs is 2. The van der Waals surface area contributed by atoms with Gasteiger partial charge in [0.1, 0.15) is 4.90 Å². The summed E-state index contributed by atoms with van der Waals surface area (Å²) in [6, 6.07) is 23.7. The minimum absolute atomic E-state index is 0.0457. The van der Waals surface area contributed by atoms with Crippen LogP contribution in [-0.4, -0.2) is 25.9 Å². The van der Waals surface area contributed by atoms with Crippen molar-refractivity contribution in [2.24, 2.45) is 0 Å². The molecule has 4 aromatic carbocycles. The van der Waals surface area contributed by atoms with Crippen LogP contribution in [-0.2, 0) is 20.2 Å². The molecule has 8 heteroatoms. The highest BCUT2D eigenvalue weighted by molar-refractivity contribution is 7.86. The van der Waals surface area contributed by atoms with Crippen molar-refractivity contribution in [3.8, 4) is 0 Å². The molecule has 28 heavy (non-hydrogen) atoms. The van der Waals surface area contributed by atoms with Crippen LogP contribution in [0.25, 0.3) is 21.5 Å². The highest BCUT2D eigenvalue weighted by atomic mass is 32.2. The van der Waals surface area contributed by atoms with Gasteiger partial charge in [0.15, 0.2) is 0 Å². The first-order valence-electron chi connectivity index (χ1n) is 8.08. The van der Waals surface area contributed by atoms with Crippen molar-refractivity contribution in [2.45, 2.75) is 9.79 Å². The topological polar surface area (TPSA) is 109 Å². The second kappa shape index (κ2) is 7.69. The minimum atomic E-state index is -4.13. The van der Waals surface area contributed by atoms with Crippen molar-refractivity contribution in [3.05, 3.63) is 84.9 Å². The van der Waals surface area contributed by atoms with Crippen LogP contribution in [0.2, 0.25) is 0 Å². The molecular weight excluding hydrogens is 400 g/mol. The first-order valence-corrected chi connectivity index (χ1v) is 11.0. The maximum absolute atomic E-state index is 11.0. The van der Waals surface area contributed by atoms with E-state index >= 15 is 0 Å². The van der Waals surface area contributed by atoms with E-state index in [0.29, 0.717) is 5.39 Å². The van der Waals surface area contributed by atoms with Crippen molar-refractivity contribution >= 4 is 41.8 Å². The summed E-state index contributed by atoms with van der Waals surface area (Å²) in [5.41, 5.74) is 0. The molecule has 6 nitrogen and oxygen atoms in total. The zero-order chi connectivity index (χ0) is 20.4. The van der Waals surface area contributed by atoms with Crippen LogP contribution < -0.4 is 0 Å². The molecule has 0 aliphatic rings. The van der Waals surface area contributed by atoms with E-state index < -0.39 is 20.2 Å². The Labute approximate surface area is 162 Å². The van der Waals surface area contributed by atoms with Gasteiger partial charge in [-0.1, -0.05) is 66.7 Å². The van der Waals surface area contributed by atoms with Gasteiger partial charge in [-0.05, 0) is 34.4 Å². The number of hydrogen-bond acceptors (Lipinski definition) is 4. The molecule has 0 heterocycles. The summed E-state index contributed by atoms with van der Waals surface area (Å²) in [5, 5.41) is 3.07. The van der Waals surface area contributed by atoms with Crippen molar-refractivity contribution in [1.29, 1.82) is 0 Å². The normalized spacial score (nSPS) is 11.8. The summed E-state index contributed by atoms with van der Waals surface area (Å²) in [6.45, 7) is 0. The van der Waals surface area contributed by atoms with Crippen LogP contribution in [0.15, 0.2) is 94.7 Å². The van der Waals surface area contributed by atoms with Crippen LogP contribution in [0.5, 0.6) is 0 Å². The Hall–Kier alpha value is -2.78. The Morgan fingerprint density at radius 3 is 1.75 bits per heavy atom. The summed E-state index contributed by atoms with van der Waals surface area (Å²) in [7, 11) is -8.22. The summed E-state index contributed by atoms with van der Waals surface area (Å²) in [6.07, 6.45) is 0. The monoisotopic (exact) mass is 416 g/mol. The molecule has 4 rings (SSSR count). The zero-order valence-electron chi connectivity index (χ0n) is 14.4. The lowest BCUT2D eigenvalue weighted by Crippen LogP contribution is -1.98. The highest BCUT2D eigenvalue weighted by Crippen LogP contribution is 2.22. The molecule has 0 fully saturated rings. The van der Waals surface area contributed by atoms with Crippen LogP contribution in [0.1, 0.15) is 0 Å². The van der Waals surface area contributed by atoms with Gasteiger partial charge in [0, 0.05) is 5.39 Å². The molecule has 0 amide bonds. The molecule has 0 bridgehead atoms. The number of rotatable bonds is 2. The maximum atomic E-state index is 11.0. The standard InChI is InChI=1S/2C10H8O3S/c11-14(12,13)10-7-3-5-8-4-1-2-6-9(8)10;11-14(12,13)10-6-5-8-3-1-2-4-9(8)7-10/h2*1-7H,(H,11,12,13). The van der Waals surface area contributed by atoms with Crippen molar-refractivity contribution < 1.29 is 25.9 Å². The predicted molar refractivity (Wildman–Crippen MR) is 108 cm³/mol. The molecule has 0 saturated heterocycles. The first kappa shape index (κ1) is 20.0. The molecule has 0 aliphatic carbocycles. The van der Waals surface area contributed by atoms with E-state index in [2.05, 4.69) is 0 Å². The van der Waals surface area contributed by atoms with Gasteiger partial charge in [0.05, 0.1) is 4.90 Å². The third kappa shape index (κ3) is 4.55. The van der Waals surface area contributed by atoms with Gasteiger partial charge in [0.2, 0.25) is 0 Å². The Kier molecular flexibility index (Phi) is 5.48. The van der Waals surface area contributed by atoms with Crippen LogP contribution in [0.4, 0.5) is 0 Å². The number of hydrogen-bond donors (Lipinski definition) is 2. The smallest absolute Gasteiger partial charge is 0.282 e. The van der Waals surface area contributed by atoms with Gasteiger partial charge >= 0.3 is 0 Å². The summed E-state index contributed by atoms with van der Waals surface area (Å²) in [4.78, 5) is -0.119. The van der Waals surface area contributed by atoms with Gasteiger partial charge in [-0.25, -0.2) is 0 Å². The second-order valence-electron chi connectivity index (χ2n) is 5.94. The lowest BCUT2D eigenvalue weighted by atomic mass is 10.1. The van der Waals surface area contributed by atoms with Gasteiger partial charge in [-0.2, -0.15) is 16.8 Å². The molecule has 2 N–H and O–H groups in total. The summed E-state index contributed by atoms with van der Waals surface area (Å²) >= 11 is 0. The lowest BCUT2D eigenvalue weighted by molar-refractivity contribution is 0.481. The average molecular weight is 416 g/mol. The minimum Gasteiger partial charge on any atom is -0.282 e. The molecule has 0 spiro atoms. The van der Waals surface area contributed by atoms with Gasteiger partial charge in [-0.3, -0.25) is 9.11 Å². The molecule has 0 aromatic heterocycles. The second-order valence-corrected chi connectivity index (χ2v) is 8.75. The Balaban J connectivity index is 0.000000161. The van der Waals surface area contributed by atoms with E-state index in [1.54, 1.807) is 42.5 Å². The van der Waals surface area contributed by atoms with E-state index in [1.165, 1.54) is 18.2 Å². The predicted octanol–water partition coefficient (Wildman–Crippen LogP) is 4.17. The lowest BCUT2D eigenvalue weighted by Gasteiger charge is -2.02. The molecule has 0 radical (unpaired) electrons. The average Bonchev–Trinajstić information content (AvgIpc) is 2.66. The fraction of sp³-hybridized carbons (Fsp3) is 0. The highest BCUT2D eigenvalue weighted by Gasteiger charge is 2.12. The van der Waals surface area contributed by atoms with Gasteiger partial charge in [0.25, 0.3) is 20.2 Å². The van der Waals surface area contributed by atoms with E-state index in [9.17, 15) is 16.8 Å². The van der Waals surface area contributed by atoms with Gasteiger partial charge in [-0.15, -0.1) is 0 Å². The van der Waals surface area contributed by atoms with Crippen LogP contribution in [0, 0.1) is 0 Å². The molecule has 144 valence electrons. The Bertz CT molecular complexity index is 1350. The van der Waals surface area contributed by atoms with E-state index in [4.69, 9.17) is 9.11 Å². The largest absolute Gasteiger partial charge is 0.295 e.